The van der Waals surface area contributed by atoms with E-state index in [2.05, 4.69) is 20.9 Å². The van der Waals surface area contributed by atoms with Crippen LogP contribution < -0.4 is 0 Å². The Morgan fingerprint density at radius 2 is 2.10 bits per heavy atom. The molecule has 4 heteroatoms. The molecule has 0 fully saturated rings. The van der Waals surface area contributed by atoms with Crippen molar-refractivity contribution >= 4 is 39.1 Å². The Morgan fingerprint density at radius 1 is 1.50 bits per heavy atom. The standard InChI is InChI=1S/C5H4BrN.CH2Cl2/c6-5-2-1-3-7-4-5;2-1-3/h1-4H;1H2. The van der Waals surface area contributed by atoms with Crippen LogP contribution in [0.25, 0.3) is 0 Å². The number of aromatic nitrogens is 1. The lowest BCUT2D eigenvalue weighted by Gasteiger charge is -1.80. The third-order valence-electron chi connectivity index (χ3n) is 0.625. The van der Waals surface area contributed by atoms with E-state index >= 15 is 0 Å². The van der Waals surface area contributed by atoms with Crippen LogP contribution in [0.4, 0.5) is 0 Å². The summed E-state index contributed by atoms with van der Waals surface area (Å²) >= 11 is 12.8. The van der Waals surface area contributed by atoms with E-state index in [0.29, 0.717) is 0 Å². The van der Waals surface area contributed by atoms with Gasteiger partial charge in [-0.2, -0.15) is 0 Å². The zero-order chi connectivity index (χ0) is 7.82. The zero-order valence-corrected chi connectivity index (χ0v) is 8.20. The molecule has 0 amide bonds. The molecule has 0 spiro atoms. The second kappa shape index (κ2) is 7.32. The van der Waals surface area contributed by atoms with E-state index < -0.39 is 0 Å². The van der Waals surface area contributed by atoms with Crippen molar-refractivity contribution < 1.29 is 0 Å². The number of hydrogen-bond acceptors (Lipinski definition) is 1. The Balaban J connectivity index is 0.000000236. The summed E-state index contributed by atoms with van der Waals surface area (Å²) in [6, 6.07) is 3.82. The Labute approximate surface area is 78.5 Å². The molecule has 0 N–H and O–H groups in total. The van der Waals surface area contributed by atoms with Crippen LogP contribution >= 0.6 is 39.1 Å². The van der Waals surface area contributed by atoms with E-state index in [1.165, 1.54) is 0 Å². The summed E-state index contributed by atoms with van der Waals surface area (Å²) in [5.41, 5.74) is 0. The largest absolute Gasteiger partial charge is 0.264 e. The van der Waals surface area contributed by atoms with Crippen molar-refractivity contribution in [1.82, 2.24) is 4.98 Å². The van der Waals surface area contributed by atoms with E-state index in [4.69, 9.17) is 23.2 Å². The topological polar surface area (TPSA) is 12.9 Å². The number of pyridine rings is 1. The van der Waals surface area contributed by atoms with Crippen LogP contribution in [0.2, 0.25) is 0 Å². The van der Waals surface area contributed by atoms with Crippen molar-refractivity contribution in [2.45, 2.75) is 0 Å². The first kappa shape index (κ1) is 10.2. The summed E-state index contributed by atoms with van der Waals surface area (Å²) in [4.78, 5) is 3.84. The Kier molecular flexibility index (Phi) is 7.47. The fourth-order valence-electron chi connectivity index (χ4n) is 0.342. The Morgan fingerprint density at radius 3 is 2.30 bits per heavy atom. The van der Waals surface area contributed by atoms with Gasteiger partial charge in [0.25, 0.3) is 0 Å². The van der Waals surface area contributed by atoms with Crippen molar-refractivity contribution in [3.8, 4) is 0 Å². The molecule has 56 valence electrons. The SMILES string of the molecule is Brc1cccnc1.ClCCl. The molecule has 1 aromatic rings. The van der Waals surface area contributed by atoms with Crippen LogP contribution in [-0.2, 0) is 0 Å². The van der Waals surface area contributed by atoms with Crippen molar-refractivity contribution in [3.63, 3.8) is 0 Å². The molecule has 1 heterocycles. The number of rotatable bonds is 0. The summed E-state index contributed by atoms with van der Waals surface area (Å²) in [7, 11) is 0. The zero-order valence-electron chi connectivity index (χ0n) is 5.10. The van der Waals surface area contributed by atoms with Gasteiger partial charge < -0.3 is 0 Å². The normalized spacial score (nSPS) is 7.90. The highest BCUT2D eigenvalue weighted by molar-refractivity contribution is 9.10. The molecule has 0 radical (unpaired) electrons. The minimum Gasteiger partial charge on any atom is -0.264 e. The third kappa shape index (κ3) is 6.33. The first-order valence-corrected chi connectivity index (χ1v) is 4.35. The van der Waals surface area contributed by atoms with Gasteiger partial charge in [-0.15, -0.1) is 23.2 Å². The van der Waals surface area contributed by atoms with Crippen LogP contribution in [0.5, 0.6) is 0 Å². The molecule has 0 atom stereocenters. The summed E-state index contributed by atoms with van der Waals surface area (Å²) in [5, 5.41) is 0.194. The smallest absolute Gasteiger partial charge is 0.0967 e. The number of halogens is 3. The lowest BCUT2D eigenvalue weighted by Crippen LogP contribution is -1.64. The summed E-state index contributed by atoms with van der Waals surface area (Å²) in [5.74, 6) is 0. The molecule has 1 aromatic heterocycles. The van der Waals surface area contributed by atoms with Crippen LogP contribution in [-0.4, -0.2) is 10.3 Å². The third-order valence-corrected chi connectivity index (χ3v) is 1.09. The minimum absolute atomic E-state index is 0.194. The Bertz CT molecular complexity index is 157. The summed E-state index contributed by atoms with van der Waals surface area (Å²) < 4.78 is 1.02. The van der Waals surface area contributed by atoms with Gasteiger partial charge in [-0.1, -0.05) is 0 Å². The van der Waals surface area contributed by atoms with E-state index in [1.54, 1.807) is 12.4 Å². The molecule has 0 saturated carbocycles. The molecule has 10 heavy (non-hydrogen) atoms. The molecule has 1 nitrogen and oxygen atoms in total. The maximum absolute atomic E-state index is 4.76. The molecule has 0 aliphatic rings. The van der Waals surface area contributed by atoms with E-state index in [0.717, 1.165) is 4.47 Å². The van der Waals surface area contributed by atoms with Crippen molar-refractivity contribution in [2.24, 2.45) is 0 Å². The fourth-order valence-corrected chi connectivity index (χ4v) is 0.613. The predicted molar refractivity (Wildman–Crippen MR) is 48.5 cm³/mol. The molecule has 0 aromatic carbocycles. The minimum atomic E-state index is 0.194. The predicted octanol–water partition coefficient (Wildman–Crippen LogP) is 3.27. The quantitative estimate of drug-likeness (QED) is 0.637. The summed E-state index contributed by atoms with van der Waals surface area (Å²) in [6.45, 7) is 0. The van der Waals surface area contributed by atoms with Crippen molar-refractivity contribution in [3.05, 3.63) is 29.0 Å². The van der Waals surface area contributed by atoms with E-state index in [-0.39, 0.29) is 5.34 Å². The lowest BCUT2D eigenvalue weighted by atomic mass is 10.5. The fraction of sp³-hybridized carbons (Fsp3) is 0.167. The Hall–Kier alpha value is 0.210. The highest BCUT2D eigenvalue weighted by Gasteiger charge is 1.75. The molecule has 0 aliphatic carbocycles. The number of nitrogens with zero attached hydrogens (tertiary/aromatic N) is 1. The maximum Gasteiger partial charge on any atom is 0.0967 e. The van der Waals surface area contributed by atoms with Crippen LogP contribution in [0.15, 0.2) is 29.0 Å². The highest BCUT2D eigenvalue weighted by atomic mass is 79.9. The van der Waals surface area contributed by atoms with Gasteiger partial charge in [-0.05, 0) is 28.1 Å². The van der Waals surface area contributed by atoms with E-state index in [9.17, 15) is 0 Å². The number of alkyl halides is 2. The van der Waals surface area contributed by atoms with Crippen LogP contribution in [0, 0.1) is 0 Å². The maximum atomic E-state index is 4.76. The highest BCUT2D eigenvalue weighted by Crippen LogP contribution is 2.02. The van der Waals surface area contributed by atoms with Gasteiger partial charge in [0.05, 0.1) is 5.34 Å². The van der Waals surface area contributed by atoms with Crippen molar-refractivity contribution in [2.75, 3.05) is 5.34 Å². The van der Waals surface area contributed by atoms with Gasteiger partial charge in [0.1, 0.15) is 0 Å². The van der Waals surface area contributed by atoms with Crippen LogP contribution in [0.1, 0.15) is 0 Å². The second-order valence-corrected chi connectivity index (χ2v) is 3.00. The first-order valence-electron chi connectivity index (χ1n) is 2.48. The van der Waals surface area contributed by atoms with Gasteiger partial charge in [0.2, 0.25) is 0 Å². The van der Waals surface area contributed by atoms with Gasteiger partial charge in [-0.3, -0.25) is 4.98 Å². The first-order chi connectivity index (χ1) is 4.81. The van der Waals surface area contributed by atoms with Gasteiger partial charge >= 0.3 is 0 Å². The van der Waals surface area contributed by atoms with Crippen molar-refractivity contribution in [1.29, 1.82) is 0 Å². The summed E-state index contributed by atoms with van der Waals surface area (Å²) in [6.07, 6.45) is 3.49. The molecule has 0 unspecified atom stereocenters. The molecular weight excluding hydrogens is 237 g/mol. The van der Waals surface area contributed by atoms with Gasteiger partial charge in [0.15, 0.2) is 0 Å². The monoisotopic (exact) mass is 241 g/mol. The molecule has 0 saturated heterocycles. The number of hydrogen-bond donors (Lipinski definition) is 0. The van der Waals surface area contributed by atoms with Gasteiger partial charge in [-0.25, -0.2) is 0 Å². The van der Waals surface area contributed by atoms with E-state index in [1.807, 2.05) is 12.1 Å². The molecule has 0 aliphatic heterocycles. The molecular formula is C6H6BrCl2N. The molecule has 1 rings (SSSR count). The average Bonchev–Trinajstić information content (AvgIpc) is 1.91. The second-order valence-electron chi connectivity index (χ2n) is 1.27. The lowest BCUT2D eigenvalue weighted by molar-refractivity contribution is 1.31. The van der Waals surface area contributed by atoms with Crippen LogP contribution in [0.3, 0.4) is 0 Å². The molecule has 0 bridgehead atoms. The average molecular weight is 243 g/mol. The van der Waals surface area contributed by atoms with Gasteiger partial charge in [0, 0.05) is 16.9 Å².